The van der Waals surface area contributed by atoms with Crippen molar-refractivity contribution in [2.24, 2.45) is 0 Å². The molecule has 2 aromatic rings. The van der Waals surface area contributed by atoms with Crippen molar-refractivity contribution in [3.63, 3.8) is 0 Å². The smallest absolute Gasteiger partial charge is 0.182 e. The van der Waals surface area contributed by atoms with Gasteiger partial charge < -0.3 is 4.40 Å². The molecule has 0 saturated carbocycles. The van der Waals surface area contributed by atoms with Crippen molar-refractivity contribution in [3.05, 3.63) is 35.5 Å². The van der Waals surface area contributed by atoms with Crippen molar-refractivity contribution < 1.29 is 4.79 Å². The molecule has 0 spiro atoms. The molecule has 2 rings (SSSR count). The van der Waals surface area contributed by atoms with Gasteiger partial charge in [-0.15, -0.1) is 0 Å². The monoisotopic (exact) mass is 205 g/mol. The molecule has 72 valence electrons. The number of carbonyl (C=O) groups excluding carboxylic acids is 1. The lowest BCUT2D eigenvalue weighted by Gasteiger charge is -2.00. The minimum Gasteiger partial charge on any atom is -0.311 e. The summed E-state index contributed by atoms with van der Waals surface area (Å²) < 4.78 is 2.06. The molecule has 2 aromatic heterocycles. The standard InChI is InChI=1S/C11H11NOS/c1-8-3-4-10-5-9(2)11(14-7-13)12(10)6-8/h3-7H,1-2H3. The van der Waals surface area contributed by atoms with E-state index >= 15 is 0 Å². The molecule has 0 aliphatic heterocycles. The molecular weight excluding hydrogens is 194 g/mol. The Balaban J connectivity index is 2.72. The summed E-state index contributed by atoms with van der Waals surface area (Å²) in [5.41, 5.74) is 4.35. The van der Waals surface area contributed by atoms with Gasteiger partial charge in [0, 0.05) is 11.7 Å². The molecular formula is C11H11NOS. The number of carbonyl (C=O) groups is 1. The lowest BCUT2D eigenvalue weighted by atomic mass is 10.3. The largest absolute Gasteiger partial charge is 0.311 e. The minimum absolute atomic E-state index is 0.872. The Labute approximate surface area is 86.9 Å². The van der Waals surface area contributed by atoms with E-state index < -0.39 is 0 Å². The average Bonchev–Trinajstić information content (AvgIpc) is 2.45. The number of hydrogen-bond acceptors (Lipinski definition) is 2. The summed E-state index contributed by atoms with van der Waals surface area (Å²) in [5.74, 6) is 0. The van der Waals surface area contributed by atoms with Gasteiger partial charge in [0.2, 0.25) is 0 Å². The maximum absolute atomic E-state index is 10.5. The van der Waals surface area contributed by atoms with Crippen LogP contribution in [0.3, 0.4) is 0 Å². The Kier molecular flexibility index (Phi) is 2.33. The molecule has 0 aliphatic carbocycles. The SMILES string of the molecule is Cc1ccc2cc(C)c(SC=O)n2c1. The molecule has 2 nitrogen and oxygen atoms in total. The number of rotatable bonds is 2. The average molecular weight is 205 g/mol. The Morgan fingerprint density at radius 1 is 1.36 bits per heavy atom. The van der Waals surface area contributed by atoms with Gasteiger partial charge >= 0.3 is 0 Å². The van der Waals surface area contributed by atoms with E-state index in [-0.39, 0.29) is 0 Å². The fourth-order valence-corrected chi connectivity index (χ4v) is 2.19. The van der Waals surface area contributed by atoms with E-state index in [1.165, 1.54) is 17.3 Å². The topological polar surface area (TPSA) is 21.5 Å². The summed E-state index contributed by atoms with van der Waals surface area (Å²) >= 11 is 1.23. The van der Waals surface area contributed by atoms with Crippen LogP contribution >= 0.6 is 11.8 Å². The Morgan fingerprint density at radius 3 is 2.86 bits per heavy atom. The second-order valence-electron chi connectivity index (χ2n) is 3.35. The molecule has 0 aliphatic rings. The van der Waals surface area contributed by atoms with Crippen molar-refractivity contribution in [3.8, 4) is 0 Å². The molecule has 0 saturated heterocycles. The molecule has 14 heavy (non-hydrogen) atoms. The normalized spacial score (nSPS) is 10.7. The third-order valence-electron chi connectivity index (χ3n) is 2.21. The lowest BCUT2D eigenvalue weighted by molar-refractivity contribution is 0.570. The summed E-state index contributed by atoms with van der Waals surface area (Å²) in [5, 5.41) is 1.01. The number of aryl methyl sites for hydroxylation is 2. The van der Waals surface area contributed by atoms with E-state index in [2.05, 4.69) is 22.6 Å². The molecule has 0 aromatic carbocycles. The van der Waals surface area contributed by atoms with Gasteiger partial charge in [-0.05, 0) is 48.9 Å². The zero-order valence-electron chi connectivity index (χ0n) is 8.15. The quantitative estimate of drug-likeness (QED) is 0.555. The van der Waals surface area contributed by atoms with Crippen LogP contribution in [0.5, 0.6) is 0 Å². The van der Waals surface area contributed by atoms with E-state index in [0.717, 1.165) is 21.7 Å². The fourth-order valence-electron chi connectivity index (χ4n) is 1.58. The molecule has 0 radical (unpaired) electrons. The van der Waals surface area contributed by atoms with E-state index in [9.17, 15) is 4.79 Å². The Morgan fingerprint density at radius 2 is 2.14 bits per heavy atom. The first-order valence-corrected chi connectivity index (χ1v) is 5.29. The summed E-state index contributed by atoms with van der Waals surface area (Å²) in [4.78, 5) is 10.5. The van der Waals surface area contributed by atoms with E-state index in [1.807, 2.05) is 20.0 Å². The van der Waals surface area contributed by atoms with Crippen LogP contribution in [0.2, 0.25) is 0 Å². The highest BCUT2D eigenvalue weighted by Crippen LogP contribution is 2.24. The van der Waals surface area contributed by atoms with Crippen LogP contribution in [-0.2, 0) is 4.79 Å². The van der Waals surface area contributed by atoms with Crippen LogP contribution in [0.4, 0.5) is 0 Å². The van der Waals surface area contributed by atoms with E-state index in [1.54, 1.807) is 0 Å². The second kappa shape index (κ2) is 3.50. The van der Waals surface area contributed by atoms with Crippen molar-refractivity contribution in [1.82, 2.24) is 4.40 Å². The van der Waals surface area contributed by atoms with Gasteiger partial charge in [-0.3, -0.25) is 4.79 Å². The number of pyridine rings is 1. The fraction of sp³-hybridized carbons (Fsp3) is 0.182. The Bertz CT molecular complexity index is 487. The first kappa shape index (κ1) is 9.34. The number of aromatic nitrogens is 1. The van der Waals surface area contributed by atoms with Crippen molar-refractivity contribution in [2.45, 2.75) is 18.9 Å². The van der Waals surface area contributed by atoms with Crippen LogP contribution in [0.1, 0.15) is 11.1 Å². The molecule has 0 unspecified atom stereocenters. The van der Waals surface area contributed by atoms with Gasteiger partial charge in [-0.1, -0.05) is 6.07 Å². The lowest BCUT2D eigenvalue weighted by Crippen LogP contribution is -1.87. The van der Waals surface area contributed by atoms with E-state index in [0.29, 0.717) is 0 Å². The van der Waals surface area contributed by atoms with Gasteiger partial charge in [0.1, 0.15) is 0 Å². The van der Waals surface area contributed by atoms with Crippen LogP contribution < -0.4 is 0 Å². The van der Waals surface area contributed by atoms with Crippen molar-refractivity contribution >= 4 is 22.9 Å². The minimum atomic E-state index is 0.872. The highest BCUT2D eigenvalue weighted by molar-refractivity contribution is 8.11. The summed E-state index contributed by atoms with van der Waals surface area (Å²) in [6.07, 6.45) is 2.05. The third kappa shape index (κ3) is 1.44. The molecule has 2 heterocycles. The predicted molar refractivity (Wildman–Crippen MR) is 59.5 cm³/mol. The predicted octanol–water partition coefficient (Wildman–Crippen LogP) is 2.84. The zero-order chi connectivity index (χ0) is 10.1. The third-order valence-corrected chi connectivity index (χ3v) is 3.05. The van der Waals surface area contributed by atoms with Crippen LogP contribution in [0.15, 0.2) is 29.4 Å². The van der Waals surface area contributed by atoms with Crippen LogP contribution in [0.25, 0.3) is 5.52 Å². The molecule has 0 bridgehead atoms. The van der Waals surface area contributed by atoms with Gasteiger partial charge in [0.15, 0.2) is 5.62 Å². The second-order valence-corrected chi connectivity index (χ2v) is 4.16. The molecule has 0 N–H and O–H groups in total. The number of hydrogen-bond donors (Lipinski definition) is 0. The molecule has 3 heteroatoms. The van der Waals surface area contributed by atoms with Crippen molar-refractivity contribution in [2.75, 3.05) is 0 Å². The first-order chi connectivity index (χ1) is 6.72. The zero-order valence-corrected chi connectivity index (χ0v) is 8.97. The maximum Gasteiger partial charge on any atom is 0.182 e. The number of thioether (sulfide) groups is 1. The van der Waals surface area contributed by atoms with Gasteiger partial charge in [-0.2, -0.15) is 0 Å². The van der Waals surface area contributed by atoms with Gasteiger partial charge in [-0.25, -0.2) is 0 Å². The van der Waals surface area contributed by atoms with E-state index in [4.69, 9.17) is 0 Å². The highest BCUT2D eigenvalue weighted by Gasteiger charge is 2.06. The van der Waals surface area contributed by atoms with Crippen molar-refractivity contribution in [1.29, 1.82) is 0 Å². The highest BCUT2D eigenvalue weighted by atomic mass is 32.2. The summed E-state index contributed by atoms with van der Waals surface area (Å²) in [7, 11) is 0. The van der Waals surface area contributed by atoms with Crippen LogP contribution in [0, 0.1) is 13.8 Å². The molecule has 0 fully saturated rings. The summed E-state index contributed by atoms with van der Waals surface area (Å²) in [6.45, 7) is 4.07. The Hall–Kier alpha value is -1.22. The maximum atomic E-state index is 10.5. The first-order valence-electron chi connectivity index (χ1n) is 4.41. The summed E-state index contributed by atoms with van der Waals surface area (Å²) in [6, 6.07) is 6.23. The number of fused-ring (bicyclic) bond motifs is 1. The number of nitrogens with zero attached hydrogens (tertiary/aromatic N) is 1. The van der Waals surface area contributed by atoms with Gasteiger partial charge in [0.05, 0.1) is 5.03 Å². The van der Waals surface area contributed by atoms with Crippen LogP contribution in [-0.4, -0.2) is 10.0 Å². The molecule has 0 amide bonds. The van der Waals surface area contributed by atoms with Gasteiger partial charge in [0.25, 0.3) is 0 Å². The molecule has 0 atom stereocenters.